The number of benzene rings is 2. The minimum Gasteiger partial charge on any atom is -0.334 e. The number of fused-ring (bicyclic) bond motifs is 1. The molecule has 2 aromatic carbocycles. The monoisotopic (exact) mass is 391 g/mol. The summed E-state index contributed by atoms with van der Waals surface area (Å²) in [5, 5.41) is 13.8. The summed E-state index contributed by atoms with van der Waals surface area (Å²) in [7, 11) is 0. The number of hydrogen-bond donors (Lipinski definition) is 3. The van der Waals surface area contributed by atoms with Crippen molar-refractivity contribution in [2.24, 2.45) is 5.73 Å². The number of amides is 3. The molecule has 4 rings (SSSR count). The Morgan fingerprint density at radius 3 is 2.86 bits per heavy atom. The molecule has 1 aliphatic rings. The van der Waals surface area contributed by atoms with E-state index in [1.807, 2.05) is 48.5 Å². The van der Waals surface area contributed by atoms with Gasteiger partial charge in [-0.3, -0.25) is 4.79 Å². The molecule has 0 saturated carbocycles. The molecule has 0 fully saturated rings. The van der Waals surface area contributed by atoms with Gasteiger partial charge in [0.1, 0.15) is 6.54 Å². The lowest BCUT2D eigenvalue weighted by molar-refractivity contribution is -0.116. The second-order valence-electron chi connectivity index (χ2n) is 6.75. The van der Waals surface area contributed by atoms with Crippen LogP contribution < -0.4 is 16.4 Å². The van der Waals surface area contributed by atoms with Gasteiger partial charge in [0, 0.05) is 18.8 Å². The molecule has 148 valence electrons. The van der Waals surface area contributed by atoms with Gasteiger partial charge in [-0.2, -0.15) is 0 Å². The van der Waals surface area contributed by atoms with Crippen LogP contribution in [0.5, 0.6) is 0 Å². The molecular weight excluding hydrogens is 370 g/mol. The molecule has 0 atom stereocenters. The zero-order chi connectivity index (χ0) is 20.2. The maximum Gasteiger partial charge on any atom is 0.318 e. The predicted octanol–water partition coefficient (Wildman–Crippen LogP) is 1.39. The summed E-state index contributed by atoms with van der Waals surface area (Å²) < 4.78 is 1.64. The number of anilines is 1. The fourth-order valence-corrected chi connectivity index (χ4v) is 3.16. The molecule has 0 aliphatic carbocycles. The van der Waals surface area contributed by atoms with Gasteiger partial charge in [-0.15, -0.1) is 5.10 Å². The van der Waals surface area contributed by atoms with Crippen molar-refractivity contribution in [3.05, 3.63) is 71.5 Å². The first-order valence-electron chi connectivity index (χ1n) is 9.23. The van der Waals surface area contributed by atoms with E-state index in [4.69, 9.17) is 5.73 Å². The molecule has 0 bridgehead atoms. The number of para-hydroxylation sites is 1. The van der Waals surface area contributed by atoms with Gasteiger partial charge >= 0.3 is 6.03 Å². The van der Waals surface area contributed by atoms with Gasteiger partial charge in [-0.05, 0) is 29.3 Å². The summed E-state index contributed by atoms with van der Waals surface area (Å²) in [5.74, 6) is -0.214. The number of aromatic nitrogens is 3. The van der Waals surface area contributed by atoms with Crippen LogP contribution >= 0.6 is 0 Å². The lowest BCUT2D eigenvalue weighted by Gasteiger charge is -2.20. The molecule has 0 saturated heterocycles. The number of carbonyl (C=O) groups excluding carboxylic acids is 2. The minimum atomic E-state index is -0.298. The molecule has 1 aliphatic heterocycles. The SMILES string of the molecule is NCc1cn(-c2cccc(CNC(=O)N3CC(=O)Nc4ccccc4C3)c2)nn1. The Hall–Kier alpha value is -3.72. The lowest BCUT2D eigenvalue weighted by Crippen LogP contribution is -2.41. The first-order valence-corrected chi connectivity index (χ1v) is 9.23. The molecule has 1 aromatic heterocycles. The predicted molar refractivity (Wildman–Crippen MR) is 107 cm³/mol. The molecule has 3 aromatic rings. The van der Waals surface area contributed by atoms with Crippen LogP contribution in [0.2, 0.25) is 0 Å². The third-order valence-electron chi connectivity index (χ3n) is 4.64. The smallest absolute Gasteiger partial charge is 0.318 e. The quantitative estimate of drug-likeness (QED) is 0.621. The van der Waals surface area contributed by atoms with Crippen molar-refractivity contribution < 1.29 is 9.59 Å². The maximum atomic E-state index is 12.7. The summed E-state index contributed by atoms with van der Waals surface area (Å²) in [6, 6.07) is 14.8. The summed E-state index contributed by atoms with van der Waals surface area (Å²) in [6.07, 6.45) is 1.77. The van der Waals surface area contributed by atoms with Gasteiger partial charge in [0.15, 0.2) is 0 Å². The van der Waals surface area contributed by atoms with Crippen LogP contribution in [0.15, 0.2) is 54.7 Å². The van der Waals surface area contributed by atoms with Crippen molar-refractivity contribution in [1.82, 2.24) is 25.2 Å². The van der Waals surface area contributed by atoms with Crippen molar-refractivity contribution in [3.63, 3.8) is 0 Å². The molecule has 0 unspecified atom stereocenters. The highest BCUT2D eigenvalue weighted by Gasteiger charge is 2.22. The Morgan fingerprint density at radius 1 is 1.17 bits per heavy atom. The normalized spacial score (nSPS) is 13.4. The first kappa shape index (κ1) is 18.6. The minimum absolute atomic E-state index is 0.00136. The fourth-order valence-electron chi connectivity index (χ4n) is 3.16. The van der Waals surface area contributed by atoms with E-state index < -0.39 is 0 Å². The number of carbonyl (C=O) groups is 2. The van der Waals surface area contributed by atoms with Crippen LogP contribution in [0, 0.1) is 0 Å². The van der Waals surface area contributed by atoms with Crippen molar-refractivity contribution in [2.75, 3.05) is 11.9 Å². The molecule has 9 nitrogen and oxygen atoms in total. The van der Waals surface area contributed by atoms with Gasteiger partial charge in [0.05, 0.1) is 24.1 Å². The highest BCUT2D eigenvalue weighted by atomic mass is 16.2. The van der Waals surface area contributed by atoms with E-state index in [9.17, 15) is 9.59 Å². The van der Waals surface area contributed by atoms with E-state index >= 15 is 0 Å². The average molecular weight is 391 g/mol. The van der Waals surface area contributed by atoms with E-state index in [1.165, 1.54) is 4.90 Å². The second kappa shape index (κ2) is 8.11. The average Bonchev–Trinajstić information content (AvgIpc) is 3.15. The number of nitrogens with two attached hydrogens (primary N) is 1. The Labute approximate surface area is 167 Å². The van der Waals surface area contributed by atoms with E-state index in [-0.39, 0.29) is 18.5 Å². The Balaban J connectivity index is 1.43. The topological polar surface area (TPSA) is 118 Å². The molecule has 0 radical (unpaired) electrons. The summed E-state index contributed by atoms with van der Waals surface area (Å²) in [6.45, 7) is 1.01. The molecule has 29 heavy (non-hydrogen) atoms. The van der Waals surface area contributed by atoms with E-state index in [1.54, 1.807) is 10.9 Å². The van der Waals surface area contributed by atoms with Crippen LogP contribution in [0.25, 0.3) is 5.69 Å². The number of nitrogens with zero attached hydrogens (tertiary/aromatic N) is 4. The van der Waals surface area contributed by atoms with E-state index in [2.05, 4.69) is 20.9 Å². The maximum absolute atomic E-state index is 12.7. The first-order chi connectivity index (χ1) is 14.1. The zero-order valence-electron chi connectivity index (χ0n) is 15.7. The van der Waals surface area contributed by atoms with Gasteiger partial charge in [0.2, 0.25) is 5.91 Å². The zero-order valence-corrected chi connectivity index (χ0v) is 15.7. The van der Waals surface area contributed by atoms with Crippen LogP contribution in [0.3, 0.4) is 0 Å². The van der Waals surface area contributed by atoms with Gasteiger partial charge < -0.3 is 21.3 Å². The molecule has 9 heteroatoms. The lowest BCUT2D eigenvalue weighted by atomic mass is 10.2. The van der Waals surface area contributed by atoms with Crippen molar-refractivity contribution in [1.29, 1.82) is 0 Å². The van der Waals surface area contributed by atoms with Crippen LogP contribution in [0.1, 0.15) is 16.8 Å². The number of hydrogen-bond acceptors (Lipinski definition) is 5. The Kier molecular flexibility index (Phi) is 5.21. The molecule has 2 heterocycles. The number of nitrogens with one attached hydrogen (secondary N) is 2. The molecular formula is C20H21N7O2. The third kappa shape index (κ3) is 4.25. The Morgan fingerprint density at radius 2 is 2.03 bits per heavy atom. The molecule has 4 N–H and O–H groups in total. The standard InChI is InChI=1S/C20H21N7O2/c21-9-16-12-27(25-24-16)17-6-3-4-14(8-17)10-22-20(29)26-11-15-5-1-2-7-18(15)23-19(28)13-26/h1-8,12H,9-11,13,21H2,(H,22,29)(H,23,28). The number of urea groups is 1. The van der Waals surface area contributed by atoms with Crippen LogP contribution in [-0.4, -0.2) is 38.4 Å². The van der Waals surface area contributed by atoms with E-state index in [0.717, 1.165) is 22.5 Å². The number of rotatable bonds is 4. The van der Waals surface area contributed by atoms with Crippen molar-refractivity contribution >= 4 is 17.6 Å². The van der Waals surface area contributed by atoms with Crippen molar-refractivity contribution in [2.45, 2.75) is 19.6 Å². The second-order valence-corrected chi connectivity index (χ2v) is 6.75. The molecule has 3 amide bonds. The summed E-state index contributed by atoms with van der Waals surface area (Å²) >= 11 is 0. The van der Waals surface area contributed by atoms with Crippen molar-refractivity contribution in [3.8, 4) is 5.69 Å². The van der Waals surface area contributed by atoms with Crippen LogP contribution in [-0.2, 0) is 24.4 Å². The molecule has 0 spiro atoms. The fraction of sp³-hybridized carbons (Fsp3) is 0.200. The highest BCUT2D eigenvalue weighted by molar-refractivity contribution is 5.96. The summed E-state index contributed by atoms with van der Waals surface area (Å²) in [4.78, 5) is 26.3. The van der Waals surface area contributed by atoms with Gasteiger partial charge in [0.25, 0.3) is 0 Å². The Bertz CT molecular complexity index is 1050. The highest BCUT2D eigenvalue weighted by Crippen LogP contribution is 2.20. The van der Waals surface area contributed by atoms with E-state index in [0.29, 0.717) is 25.3 Å². The van der Waals surface area contributed by atoms with Gasteiger partial charge in [-0.25, -0.2) is 9.48 Å². The summed E-state index contributed by atoms with van der Waals surface area (Å²) in [5.41, 5.74) is 9.65. The third-order valence-corrected chi connectivity index (χ3v) is 4.64. The largest absolute Gasteiger partial charge is 0.334 e. The van der Waals surface area contributed by atoms with Gasteiger partial charge in [-0.1, -0.05) is 35.5 Å². The van der Waals surface area contributed by atoms with Crippen LogP contribution in [0.4, 0.5) is 10.5 Å².